The molecule has 0 saturated heterocycles. The number of para-hydroxylation sites is 1. The number of amides is 1. The van der Waals surface area contributed by atoms with Crippen molar-refractivity contribution in [3.05, 3.63) is 34.8 Å². The van der Waals surface area contributed by atoms with Crippen molar-refractivity contribution in [2.45, 2.75) is 19.8 Å². The largest absolute Gasteiger partial charge is 0.496 e. The van der Waals surface area contributed by atoms with Crippen LogP contribution in [-0.2, 0) is 11.2 Å². The van der Waals surface area contributed by atoms with E-state index in [1.807, 2.05) is 45.3 Å². The number of hydrogen-bond donors (Lipinski definition) is 1. The van der Waals surface area contributed by atoms with Crippen LogP contribution in [0.2, 0.25) is 0 Å². The van der Waals surface area contributed by atoms with Crippen LogP contribution in [0, 0.1) is 6.92 Å². The van der Waals surface area contributed by atoms with Crippen molar-refractivity contribution in [2.75, 3.05) is 34.3 Å². The van der Waals surface area contributed by atoms with Gasteiger partial charge >= 0.3 is 0 Å². The molecular formula is C18H25N3O2S. The number of carbonyl (C=O) groups is 1. The molecule has 2 aromatic rings. The standard InChI is InChI=1S/C18H25N3O2S/c1-13-16(12-17(22)19-10-7-11-21(2)3)24-18(20-13)14-8-5-6-9-15(14)23-4/h5-6,8-9H,7,10-12H2,1-4H3,(H,19,22). The zero-order chi connectivity index (χ0) is 17.5. The molecule has 0 spiro atoms. The van der Waals surface area contributed by atoms with Crippen molar-refractivity contribution in [3.63, 3.8) is 0 Å². The summed E-state index contributed by atoms with van der Waals surface area (Å²) in [6.07, 6.45) is 1.33. The third-order valence-corrected chi connectivity index (χ3v) is 4.85. The molecule has 1 amide bonds. The third-order valence-electron chi connectivity index (χ3n) is 3.66. The maximum Gasteiger partial charge on any atom is 0.225 e. The van der Waals surface area contributed by atoms with E-state index in [-0.39, 0.29) is 5.91 Å². The Morgan fingerprint density at radius 3 is 2.79 bits per heavy atom. The molecule has 24 heavy (non-hydrogen) atoms. The highest BCUT2D eigenvalue weighted by molar-refractivity contribution is 7.15. The molecule has 0 aliphatic rings. The van der Waals surface area contributed by atoms with Gasteiger partial charge in [-0.1, -0.05) is 12.1 Å². The molecule has 130 valence electrons. The average molecular weight is 347 g/mol. The molecule has 6 heteroatoms. The van der Waals surface area contributed by atoms with Gasteiger partial charge in [0, 0.05) is 11.4 Å². The normalized spacial score (nSPS) is 10.9. The molecule has 0 saturated carbocycles. The molecule has 2 rings (SSSR count). The van der Waals surface area contributed by atoms with Crippen molar-refractivity contribution in [1.82, 2.24) is 15.2 Å². The SMILES string of the molecule is COc1ccccc1-c1nc(C)c(CC(=O)NCCCN(C)C)s1. The number of ether oxygens (including phenoxy) is 1. The van der Waals surface area contributed by atoms with Crippen LogP contribution in [0.15, 0.2) is 24.3 Å². The molecule has 1 aromatic carbocycles. The van der Waals surface area contributed by atoms with Crippen LogP contribution >= 0.6 is 11.3 Å². The van der Waals surface area contributed by atoms with Gasteiger partial charge in [0.25, 0.3) is 0 Å². The highest BCUT2D eigenvalue weighted by Gasteiger charge is 2.15. The molecule has 1 aromatic heterocycles. The molecule has 1 N–H and O–H groups in total. The first-order valence-electron chi connectivity index (χ1n) is 8.02. The van der Waals surface area contributed by atoms with Crippen LogP contribution in [0.5, 0.6) is 5.75 Å². The fourth-order valence-electron chi connectivity index (χ4n) is 2.36. The lowest BCUT2D eigenvalue weighted by atomic mass is 10.2. The number of benzene rings is 1. The minimum absolute atomic E-state index is 0.0482. The molecule has 5 nitrogen and oxygen atoms in total. The second kappa shape index (κ2) is 8.80. The van der Waals surface area contributed by atoms with Gasteiger partial charge in [-0.25, -0.2) is 4.98 Å². The van der Waals surface area contributed by atoms with Gasteiger partial charge in [-0.2, -0.15) is 0 Å². The van der Waals surface area contributed by atoms with Gasteiger partial charge in [0.2, 0.25) is 5.91 Å². The quantitative estimate of drug-likeness (QED) is 0.746. The van der Waals surface area contributed by atoms with Crippen molar-refractivity contribution in [1.29, 1.82) is 0 Å². The molecule has 0 atom stereocenters. The van der Waals surface area contributed by atoms with E-state index in [1.165, 1.54) is 0 Å². The van der Waals surface area contributed by atoms with Crippen molar-refractivity contribution in [3.8, 4) is 16.3 Å². The van der Waals surface area contributed by atoms with Crippen molar-refractivity contribution >= 4 is 17.2 Å². The summed E-state index contributed by atoms with van der Waals surface area (Å²) in [5.74, 6) is 0.845. The maximum absolute atomic E-state index is 12.1. The Bertz CT molecular complexity index is 683. The van der Waals surface area contributed by atoms with Crippen LogP contribution in [0.1, 0.15) is 17.0 Å². The van der Waals surface area contributed by atoms with E-state index in [1.54, 1.807) is 18.4 Å². The number of nitrogens with zero attached hydrogens (tertiary/aromatic N) is 2. The number of thiazole rings is 1. The summed E-state index contributed by atoms with van der Waals surface area (Å²) in [6, 6.07) is 7.81. The molecule has 0 fully saturated rings. The first-order valence-corrected chi connectivity index (χ1v) is 8.84. The van der Waals surface area contributed by atoms with Crippen molar-refractivity contribution < 1.29 is 9.53 Å². The zero-order valence-electron chi connectivity index (χ0n) is 14.8. The van der Waals surface area contributed by atoms with Crippen LogP contribution in [0.4, 0.5) is 0 Å². The molecule has 1 heterocycles. The van der Waals surface area contributed by atoms with E-state index in [0.717, 1.165) is 39.9 Å². The predicted octanol–water partition coefficient (Wildman–Crippen LogP) is 2.74. The smallest absolute Gasteiger partial charge is 0.225 e. The highest BCUT2D eigenvalue weighted by Crippen LogP contribution is 2.34. The van der Waals surface area contributed by atoms with Crippen LogP contribution < -0.4 is 10.1 Å². The average Bonchev–Trinajstić information content (AvgIpc) is 2.92. The second-order valence-corrected chi connectivity index (χ2v) is 7.00. The Hall–Kier alpha value is -1.92. The molecule has 0 radical (unpaired) electrons. The molecule has 0 unspecified atom stereocenters. The van der Waals surface area contributed by atoms with Gasteiger partial charge in [-0.3, -0.25) is 4.79 Å². The van der Waals surface area contributed by atoms with E-state index in [0.29, 0.717) is 13.0 Å². The minimum atomic E-state index is 0.0482. The van der Waals surface area contributed by atoms with E-state index < -0.39 is 0 Å². The Balaban J connectivity index is 2.00. The topological polar surface area (TPSA) is 54.5 Å². The third kappa shape index (κ3) is 5.04. The van der Waals surface area contributed by atoms with Crippen LogP contribution in [0.3, 0.4) is 0 Å². The highest BCUT2D eigenvalue weighted by atomic mass is 32.1. The van der Waals surface area contributed by atoms with Gasteiger partial charge in [-0.15, -0.1) is 11.3 Å². The fraction of sp³-hybridized carbons (Fsp3) is 0.444. The first kappa shape index (κ1) is 18.4. The zero-order valence-corrected chi connectivity index (χ0v) is 15.6. The summed E-state index contributed by atoms with van der Waals surface area (Å²) < 4.78 is 5.40. The Labute approximate surface area is 147 Å². The number of nitrogens with one attached hydrogen (secondary N) is 1. The Kier molecular flexibility index (Phi) is 6.75. The fourth-order valence-corrected chi connectivity index (χ4v) is 3.45. The number of aryl methyl sites for hydroxylation is 1. The maximum atomic E-state index is 12.1. The summed E-state index contributed by atoms with van der Waals surface area (Å²) in [4.78, 5) is 19.8. The summed E-state index contributed by atoms with van der Waals surface area (Å²) in [5.41, 5.74) is 1.87. The summed E-state index contributed by atoms with van der Waals surface area (Å²) in [5, 5.41) is 3.86. The first-order chi connectivity index (χ1) is 11.5. The van der Waals surface area contributed by atoms with E-state index >= 15 is 0 Å². The Morgan fingerprint density at radius 2 is 2.08 bits per heavy atom. The van der Waals surface area contributed by atoms with Gasteiger partial charge in [0.1, 0.15) is 10.8 Å². The monoisotopic (exact) mass is 347 g/mol. The lowest BCUT2D eigenvalue weighted by Crippen LogP contribution is -2.28. The molecule has 0 bridgehead atoms. The number of methoxy groups -OCH3 is 1. The van der Waals surface area contributed by atoms with E-state index in [2.05, 4.69) is 15.2 Å². The molecule has 0 aliphatic carbocycles. The van der Waals surface area contributed by atoms with Gasteiger partial charge in [0.15, 0.2) is 0 Å². The number of hydrogen-bond acceptors (Lipinski definition) is 5. The number of rotatable bonds is 8. The lowest BCUT2D eigenvalue weighted by Gasteiger charge is -2.09. The minimum Gasteiger partial charge on any atom is -0.496 e. The molecule has 0 aliphatic heterocycles. The van der Waals surface area contributed by atoms with Gasteiger partial charge in [0.05, 0.1) is 24.8 Å². The Morgan fingerprint density at radius 1 is 1.33 bits per heavy atom. The molecular weight excluding hydrogens is 322 g/mol. The van der Waals surface area contributed by atoms with Crippen molar-refractivity contribution in [2.24, 2.45) is 0 Å². The summed E-state index contributed by atoms with van der Waals surface area (Å²) in [6.45, 7) is 3.62. The predicted molar refractivity (Wildman–Crippen MR) is 98.7 cm³/mol. The van der Waals surface area contributed by atoms with Crippen LogP contribution in [0.25, 0.3) is 10.6 Å². The summed E-state index contributed by atoms with van der Waals surface area (Å²) in [7, 11) is 5.71. The summed E-state index contributed by atoms with van der Waals surface area (Å²) >= 11 is 1.55. The second-order valence-electron chi connectivity index (χ2n) is 5.91. The van der Waals surface area contributed by atoms with Crippen LogP contribution in [-0.4, -0.2) is 50.1 Å². The number of carbonyl (C=O) groups excluding carboxylic acids is 1. The van der Waals surface area contributed by atoms with Gasteiger partial charge < -0.3 is 15.0 Å². The van der Waals surface area contributed by atoms with E-state index in [9.17, 15) is 4.79 Å². The number of aromatic nitrogens is 1. The van der Waals surface area contributed by atoms with Gasteiger partial charge in [-0.05, 0) is 46.1 Å². The lowest BCUT2D eigenvalue weighted by molar-refractivity contribution is -0.120. The van der Waals surface area contributed by atoms with E-state index in [4.69, 9.17) is 4.74 Å².